The van der Waals surface area contributed by atoms with Gasteiger partial charge in [0.05, 0.1) is 10.6 Å². The summed E-state index contributed by atoms with van der Waals surface area (Å²) in [5, 5.41) is 9.20. The summed E-state index contributed by atoms with van der Waals surface area (Å²) in [5.74, 6) is 0.610. The highest BCUT2D eigenvalue weighted by Crippen LogP contribution is 2.39. The van der Waals surface area contributed by atoms with Crippen molar-refractivity contribution in [3.8, 4) is 6.07 Å². The lowest BCUT2D eigenvalue weighted by Crippen LogP contribution is -2.12. The topological polar surface area (TPSA) is 49.8 Å². The van der Waals surface area contributed by atoms with Crippen LogP contribution < -0.4 is 5.73 Å². The maximum Gasteiger partial charge on any atom is 0.101 e. The Morgan fingerprint density at radius 2 is 2.21 bits per heavy atom. The fourth-order valence-electron chi connectivity index (χ4n) is 1.56. The molecule has 0 bridgehead atoms. The van der Waals surface area contributed by atoms with Gasteiger partial charge in [-0.1, -0.05) is 17.7 Å². The van der Waals surface area contributed by atoms with E-state index in [2.05, 4.69) is 0 Å². The van der Waals surface area contributed by atoms with Crippen molar-refractivity contribution in [2.24, 2.45) is 11.7 Å². The number of benzene rings is 1. The molecule has 3 heteroatoms. The average molecular weight is 207 g/mol. The number of hydrogen-bond acceptors (Lipinski definition) is 2. The number of nitrogens with two attached hydrogens (primary N) is 1. The van der Waals surface area contributed by atoms with Crippen molar-refractivity contribution in [1.29, 1.82) is 5.26 Å². The molecule has 1 atom stereocenters. The van der Waals surface area contributed by atoms with Crippen LogP contribution in [0.1, 0.15) is 30.0 Å². The van der Waals surface area contributed by atoms with Gasteiger partial charge in [0, 0.05) is 6.04 Å². The second-order valence-electron chi connectivity index (χ2n) is 3.71. The molecule has 2 N–H and O–H groups in total. The van der Waals surface area contributed by atoms with Crippen LogP contribution in [0, 0.1) is 17.2 Å². The predicted molar refractivity (Wildman–Crippen MR) is 55.8 cm³/mol. The van der Waals surface area contributed by atoms with Crippen molar-refractivity contribution in [3.05, 3.63) is 34.3 Å². The van der Waals surface area contributed by atoms with E-state index in [0.717, 1.165) is 5.56 Å². The lowest BCUT2D eigenvalue weighted by Gasteiger charge is -2.10. The molecule has 1 fully saturated rings. The summed E-state index contributed by atoms with van der Waals surface area (Å²) in [4.78, 5) is 0. The Kier molecular flexibility index (Phi) is 2.45. The molecule has 1 aliphatic rings. The summed E-state index contributed by atoms with van der Waals surface area (Å²) >= 11 is 5.92. The molecule has 0 aromatic heterocycles. The molecular weight excluding hydrogens is 196 g/mol. The molecular formula is C11H11ClN2. The zero-order chi connectivity index (χ0) is 10.1. The normalized spacial score (nSPS) is 17.5. The third kappa shape index (κ3) is 1.75. The molecule has 72 valence electrons. The monoisotopic (exact) mass is 206 g/mol. The highest BCUT2D eigenvalue weighted by molar-refractivity contribution is 6.31. The summed E-state index contributed by atoms with van der Waals surface area (Å²) in [5.41, 5.74) is 7.57. The van der Waals surface area contributed by atoms with Gasteiger partial charge < -0.3 is 5.73 Å². The molecule has 1 aromatic carbocycles. The van der Waals surface area contributed by atoms with E-state index in [4.69, 9.17) is 22.6 Å². The van der Waals surface area contributed by atoms with Crippen molar-refractivity contribution in [2.75, 3.05) is 0 Å². The third-order valence-electron chi connectivity index (χ3n) is 2.63. The molecule has 1 aromatic rings. The molecule has 0 unspecified atom stereocenters. The fraction of sp³-hybridized carbons (Fsp3) is 0.364. The van der Waals surface area contributed by atoms with Crippen molar-refractivity contribution in [3.63, 3.8) is 0 Å². The molecule has 0 heterocycles. The maximum absolute atomic E-state index is 8.70. The molecule has 1 aliphatic carbocycles. The number of nitriles is 1. The number of rotatable bonds is 2. The molecule has 0 spiro atoms. The van der Waals surface area contributed by atoms with Crippen LogP contribution in [0.25, 0.3) is 0 Å². The van der Waals surface area contributed by atoms with Gasteiger partial charge in [0.15, 0.2) is 0 Å². The largest absolute Gasteiger partial charge is 0.324 e. The molecule has 1 saturated carbocycles. The quantitative estimate of drug-likeness (QED) is 0.809. The molecule has 14 heavy (non-hydrogen) atoms. The van der Waals surface area contributed by atoms with Crippen molar-refractivity contribution < 1.29 is 0 Å². The molecule has 0 aliphatic heterocycles. The second-order valence-corrected chi connectivity index (χ2v) is 4.12. The Morgan fingerprint density at radius 3 is 2.71 bits per heavy atom. The Morgan fingerprint density at radius 1 is 1.50 bits per heavy atom. The maximum atomic E-state index is 8.70. The van der Waals surface area contributed by atoms with Crippen molar-refractivity contribution in [1.82, 2.24) is 0 Å². The van der Waals surface area contributed by atoms with Crippen LogP contribution in [-0.4, -0.2) is 0 Å². The number of halogens is 1. The van der Waals surface area contributed by atoms with E-state index in [1.54, 1.807) is 6.07 Å². The van der Waals surface area contributed by atoms with Gasteiger partial charge in [0.1, 0.15) is 6.07 Å². The van der Waals surface area contributed by atoms with E-state index < -0.39 is 0 Å². The highest BCUT2D eigenvalue weighted by Gasteiger charge is 2.29. The highest BCUT2D eigenvalue weighted by atomic mass is 35.5. The standard InChI is InChI=1S/C11H11ClN2/c12-10-5-8(3-4-9(10)6-13)11(14)7-1-2-7/h3-5,7,11H,1-2,14H2/t11-/m0/s1. The number of nitrogens with zero attached hydrogens (tertiary/aromatic N) is 1. The predicted octanol–water partition coefficient (Wildman–Crippen LogP) is 2.62. The van der Waals surface area contributed by atoms with Crippen LogP contribution in [0.4, 0.5) is 0 Å². The molecule has 0 saturated heterocycles. The summed E-state index contributed by atoms with van der Waals surface area (Å²) in [6.45, 7) is 0. The molecule has 2 nitrogen and oxygen atoms in total. The van der Waals surface area contributed by atoms with Gasteiger partial charge in [-0.25, -0.2) is 0 Å². The molecule has 2 rings (SSSR count). The lowest BCUT2D eigenvalue weighted by atomic mass is 10.0. The lowest BCUT2D eigenvalue weighted by molar-refractivity contribution is 0.633. The van der Waals surface area contributed by atoms with E-state index in [-0.39, 0.29) is 6.04 Å². The van der Waals surface area contributed by atoms with Crippen molar-refractivity contribution >= 4 is 11.6 Å². The van der Waals surface area contributed by atoms with Gasteiger partial charge in [0.2, 0.25) is 0 Å². The molecule has 0 amide bonds. The average Bonchev–Trinajstić information content (AvgIpc) is 3.00. The first-order valence-corrected chi connectivity index (χ1v) is 5.05. The summed E-state index contributed by atoms with van der Waals surface area (Å²) in [7, 11) is 0. The van der Waals surface area contributed by atoms with Crippen LogP contribution in [0.15, 0.2) is 18.2 Å². The fourth-order valence-corrected chi connectivity index (χ4v) is 1.79. The first-order valence-electron chi connectivity index (χ1n) is 4.67. The van der Waals surface area contributed by atoms with Gasteiger partial charge in [0.25, 0.3) is 0 Å². The number of hydrogen-bond donors (Lipinski definition) is 1. The van der Waals surface area contributed by atoms with Gasteiger partial charge in [-0.3, -0.25) is 0 Å². The van der Waals surface area contributed by atoms with Crippen LogP contribution >= 0.6 is 11.6 Å². The van der Waals surface area contributed by atoms with E-state index >= 15 is 0 Å². The van der Waals surface area contributed by atoms with Gasteiger partial charge >= 0.3 is 0 Å². The van der Waals surface area contributed by atoms with E-state index in [1.807, 2.05) is 18.2 Å². The van der Waals surface area contributed by atoms with E-state index in [9.17, 15) is 0 Å². The minimum absolute atomic E-state index is 0.0836. The van der Waals surface area contributed by atoms with Crippen LogP contribution in [0.3, 0.4) is 0 Å². The zero-order valence-corrected chi connectivity index (χ0v) is 8.46. The van der Waals surface area contributed by atoms with E-state index in [1.165, 1.54) is 12.8 Å². The summed E-state index contributed by atoms with van der Waals surface area (Å²) in [6.07, 6.45) is 2.41. The van der Waals surface area contributed by atoms with Crippen LogP contribution in [-0.2, 0) is 0 Å². The first-order chi connectivity index (χ1) is 6.72. The summed E-state index contributed by atoms with van der Waals surface area (Å²) in [6, 6.07) is 7.56. The Bertz CT molecular complexity index is 391. The van der Waals surface area contributed by atoms with Gasteiger partial charge in [-0.05, 0) is 36.5 Å². The third-order valence-corrected chi connectivity index (χ3v) is 2.94. The zero-order valence-electron chi connectivity index (χ0n) is 7.70. The van der Waals surface area contributed by atoms with Crippen LogP contribution in [0.5, 0.6) is 0 Å². The van der Waals surface area contributed by atoms with Gasteiger partial charge in [-0.15, -0.1) is 0 Å². The van der Waals surface area contributed by atoms with Crippen molar-refractivity contribution in [2.45, 2.75) is 18.9 Å². The molecule has 0 radical (unpaired) electrons. The summed E-state index contributed by atoms with van der Waals surface area (Å²) < 4.78 is 0. The Labute approximate surface area is 88.3 Å². The minimum atomic E-state index is 0.0836. The van der Waals surface area contributed by atoms with E-state index in [0.29, 0.717) is 16.5 Å². The van der Waals surface area contributed by atoms with Crippen LogP contribution in [0.2, 0.25) is 5.02 Å². The minimum Gasteiger partial charge on any atom is -0.324 e. The second kappa shape index (κ2) is 3.61. The Hall–Kier alpha value is -1.04. The first kappa shape index (κ1) is 9.51. The smallest absolute Gasteiger partial charge is 0.101 e. The van der Waals surface area contributed by atoms with Gasteiger partial charge in [-0.2, -0.15) is 5.26 Å². The SMILES string of the molecule is N#Cc1ccc([C@@H](N)C2CC2)cc1Cl. The Balaban J connectivity index is 2.28.